The summed E-state index contributed by atoms with van der Waals surface area (Å²) in [4.78, 5) is 31.1. The predicted octanol–water partition coefficient (Wildman–Crippen LogP) is 1.21. The van der Waals surface area contributed by atoms with E-state index in [2.05, 4.69) is 0 Å². The highest BCUT2D eigenvalue weighted by atomic mass is 32.2. The van der Waals surface area contributed by atoms with Gasteiger partial charge in [0.05, 0.1) is 21.0 Å². The van der Waals surface area contributed by atoms with Crippen LogP contribution in [0, 0.1) is 20.2 Å². The number of carbonyl (C=O) groups is 1. The molecule has 0 saturated carbocycles. The van der Waals surface area contributed by atoms with Crippen LogP contribution in [0.2, 0.25) is 0 Å². The molecule has 0 spiro atoms. The minimum absolute atomic E-state index is 0.414. The van der Waals surface area contributed by atoms with Gasteiger partial charge in [0, 0.05) is 23.3 Å². The number of carbonyl (C=O) groups excluding carboxylic acids is 1. The topological polar surface area (TPSA) is 212 Å². The van der Waals surface area contributed by atoms with Gasteiger partial charge in [-0.15, -0.1) is 0 Å². The lowest BCUT2D eigenvalue weighted by Crippen LogP contribution is -2.04. The summed E-state index contributed by atoms with van der Waals surface area (Å²) in [5, 5.41) is 22.8. The van der Waals surface area contributed by atoms with Crippen molar-refractivity contribution < 1.29 is 40.6 Å². The zero-order chi connectivity index (χ0) is 21.2. The van der Waals surface area contributed by atoms with Gasteiger partial charge in [0.2, 0.25) is 0 Å². The maximum absolute atomic E-state index is 12.6. The minimum atomic E-state index is -4.98. The van der Waals surface area contributed by atoms with Gasteiger partial charge in [0.25, 0.3) is 31.6 Å². The fourth-order valence-electron chi connectivity index (χ4n) is 2.82. The molecule has 0 saturated heterocycles. The van der Waals surface area contributed by atoms with E-state index in [1.807, 2.05) is 0 Å². The third-order valence-corrected chi connectivity index (χ3v) is 5.57. The standard InChI is InChI=1S/C13H6N2O11S2/c16-13-7-1-5(27(21,22)23)3-9(14(17)18)11(7)12-8(13)2-6(28(24,25)26)4-10(12)15(19)20/h1-4H,(H,21,22,23)(H,24,25,26). The van der Waals surface area contributed by atoms with Crippen molar-refractivity contribution in [1.82, 2.24) is 0 Å². The number of hydrogen-bond donors (Lipinski definition) is 2. The maximum atomic E-state index is 12.6. The molecule has 1 aliphatic carbocycles. The molecular weight excluding hydrogens is 424 g/mol. The molecule has 0 unspecified atom stereocenters. The smallest absolute Gasteiger partial charge is 0.289 e. The average Bonchev–Trinajstić information content (AvgIpc) is 2.84. The van der Waals surface area contributed by atoms with Crippen LogP contribution in [0.5, 0.6) is 0 Å². The summed E-state index contributed by atoms with van der Waals surface area (Å²) in [5.74, 6) is -1.16. The third kappa shape index (κ3) is 2.91. The summed E-state index contributed by atoms with van der Waals surface area (Å²) in [7, 11) is -9.95. The van der Waals surface area contributed by atoms with E-state index in [9.17, 15) is 41.9 Å². The second-order valence-electron chi connectivity index (χ2n) is 5.52. The van der Waals surface area contributed by atoms with Gasteiger partial charge >= 0.3 is 0 Å². The molecule has 0 bridgehead atoms. The van der Waals surface area contributed by atoms with Crippen molar-refractivity contribution in [3.05, 3.63) is 55.6 Å². The number of nitrogens with zero attached hydrogens (tertiary/aromatic N) is 2. The summed E-state index contributed by atoms with van der Waals surface area (Å²) >= 11 is 0. The number of rotatable bonds is 4. The fraction of sp³-hybridized carbons (Fsp3) is 0. The molecule has 0 fully saturated rings. The van der Waals surface area contributed by atoms with Crippen LogP contribution in [0.15, 0.2) is 34.1 Å². The molecule has 15 heteroatoms. The molecule has 2 N–H and O–H groups in total. The number of hydrogen-bond acceptors (Lipinski definition) is 9. The first-order valence-corrected chi connectivity index (χ1v) is 9.76. The van der Waals surface area contributed by atoms with Crippen LogP contribution in [0.25, 0.3) is 11.1 Å². The zero-order valence-electron chi connectivity index (χ0n) is 13.1. The monoisotopic (exact) mass is 430 g/mol. The summed E-state index contributed by atoms with van der Waals surface area (Å²) in [6.07, 6.45) is 0. The van der Waals surface area contributed by atoms with E-state index in [0.717, 1.165) is 0 Å². The number of fused-ring (bicyclic) bond motifs is 3. The van der Waals surface area contributed by atoms with Crippen molar-refractivity contribution in [3.8, 4) is 11.1 Å². The van der Waals surface area contributed by atoms with Crippen LogP contribution in [0.1, 0.15) is 15.9 Å². The first-order chi connectivity index (χ1) is 12.7. The lowest BCUT2D eigenvalue weighted by atomic mass is 10.0. The molecule has 0 amide bonds. The Kier molecular flexibility index (Phi) is 4.08. The van der Waals surface area contributed by atoms with Crippen molar-refractivity contribution >= 4 is 37.4 Å². The largest absolute Gasteiger partial charge is 0.294 e. The Balaban J connectivity index is 2.53. The van der Waals surface area contributed by atoms with E-state index in [0.29, 0.717) is 24.3 Å². The molecule has 0 aromatic heterocycles. The van der Waals surface area contributed by atoms with E-state index in [-0.39, 0.29) is 0 Å². The summed E-state index contributed by atoms with van der Waals surface area (Å²) < 4.78 is 63.7. The first-order valence-electron chi connectivity index (χ1n) is 6.88. The van der Waals surface area contributed by atoms with Gasteiger partial charge < -0.3 is 0 Å². The number of nitro groups is 2. The van der Waals surface area contributed by atoms with Crippen molar-refractivity contribution in [1.29, 1.82) is 0 Å². The Morgan fingerprint density at radius 3 is 1.29 bits per heavy atom. The molecule has 146 valence electrons. The maximum Gasteiger partial charge on any atom is 0.294 e. The van der Waals surface area contributed by atoms with Gasteiger partial charge in [0.1, 0.15) is 9.79 Å². The fourth-order valence-corrected chi connectivity index (χ4v) is 3.87. The second kappa shape index (κ2) is 5.86. The number of nitro benzene ring substituents is 2. The molecule has 0 heterocycles. The molecule has 3 rings (SSSR count). The Morgan fingerprint density at radius 2 is 1.04 bits per heavy atom. The molecule has 13 nitrogen and oxygen atoms in total. The first kappa shape index (κ1) is 19.5. The Hall–Kier alpha value is -3.27. The van der Waals surface area contributed by atoms with Crippen molar-refractivity contribution in [2.45, 2.75) is 9.79 Å². The predicted molar refractivity (Wildman–Crippen MR) is 88.2 cm³/mol. The molecule has 0 atom stereocenters. The van der Waals surface area contributed by atoms with Gasteiger partial charge in [0.15, 0.2) is 5.78 Å². The van der Waals surface area contributed by atoms with Crippen LogP contribution >= 0.6 is 0 Å². The minimum Gasteiger partial charge on any atom is -0.289 e. The van der Waals surface area contributed by atoms with Crippen LogP contribution in [-0.2, 0) is 20.2 Å². The summed E-state index contributed by atoms with van der Waals surface area (Å²) in [5.41, 5.74) is -4.59. The van der Waals surface area contributed by atoms with E-state index < -0.39 is 79.3 Å². The molecule has 2 aromatic carbocycles. The molecule has 0 radical (unpaired) electrons. The van der Waals surface area contributed by atoms with E-state index in [1.54, 1.807) is 0 Å². The molecular formula is C13H6N2O11S2. The Morgan fingerprint density at radius 1 is 0.714 bits per heavy atom. The van der Waals surface area contributed by atoms with E-state index in [1.165, 1.54) is 0 Å². The third-order valence-electron chi connectivity index (χ3n) is 3.91. The molecule has 28 heavy (non-hydrogen) atoms. The normalized spacial score (nSPS) is 13.1. The summed E-state index contributed by atoms with van der Waals surface area (Å²) in [6.45, 7) is 0. The van der Waals surface area contributed by atoms with Crippen molar-refractivity contribution in [3.63, 3.8) is 0 Å². The summed E-state index contributed by atoms with van der Waals surface area (Å²) in [6, 6.07) is 1.99. The lowest BCUT2D eigenvalue weighted by molar-refractivity contribution is -0.386. The van der Waals surface area contributed by atoms with Gasteiger partial charge in [-0.2, -0.15) is 16.8 Å². The Labute approximate surface area is 155 Å². The van der Waals surface area contributed by atoms with Crippen molar-refractivity contribution in [2.24, 2.45) is 0 Å². The highest BCUT2D eigenvalue weighted by Crippen LogP contribution is 2.48. The van der Waals surface area contributed by atoms with Crippen molar-refractivity contribution in [2.75, 3.05) is 0 Å². The number of benzene rings is 2. The van der Waals surface area contributed by atoms with Crippen LogP contribution < -0.4 is 0 Å². The SMILES string of the molecule is O=C1c2cc(S(=O)(=O)O)cc([N+](=O)[O-])c2-c2c1cc(S(=O)(=O)O)cc2[N+](=O)[O-]. The lowest BCUT2D eigenvalue weighted by Gasteiger charge is -2.06. The zero-order valence-corrected chi connectivity index (χ0v) is 14.7. The van der Waals surface area contributed by atoms with Crippen LogP contribution in [0.3, 0.4) is 0 Å². The number of ketones is 1. The van der Waals surface area contributed by atoms with Gasteiger partial charge in [-0.05, 0) is 12.1 Å². The second-order valence-corrected chi connectivity index (χ2v) is 8.37. The Bertz CT molecular complexity index is 1230. The van der Waals surface area contributed by atoms with Gasteiger partial charge in [-0.25, -0.2) is 0 Å². The quantitative estimate of drug-likeness (QED) is 0.341. The molecule has 1 aliphatic rings. The average molecular weight is 430 g/mol. The highest BCUT2D eigenvalue weighted by Gasteiger charge is 2.41. The van der Waals surface area contributed by atoms with Crippen LogP contribution in [-0.4, -0.2) is 41.6 Å². The van der Waals surface area contributed by atoms with E-state index >= 15 is 0 Å². The van der Waals surface area contributed by atoms with Crippen LogP contribution in [0.4, 0.5) is 11.4 Å². The van der Waals surface area contributed by atoms with Gasteiger partial charge in [-0.1, -0.05) is 0 Å². The highest BCUT2D eigenvalue weighted by molar-refractivity contribution is 7.86. The van der Waals surface area contributed by atoms with Gasteiger partial charge in [-0.3, -0.25) is 34.1 Å². The van der Waals surface area contributed by atoms with E-state index in [4.69, 9.17) is 9.11 Å². The molecule has 2 aromatic rings. The molecule has 0 aliphatic heterocycles.